The number of fused-ring (bicyclic) bond motifs is 1. The van der Waals surface area contributed by atoms with Crippen LogP contribution in [0.2, 0.25) is 0 Å². The van der Waals surface area contributed by atoms with Crippen molar-refractivity contribution in [2.24, 2.45) is 7.05 Å². The molecule has 0 aliphatic carbocycles. The number of aryl methyl sites for hydroxylation is 2. The minimum absolute atomic E-state index is 0.223. The Hall–Kier alpha value is -2.84. The van der Waals surface area contributed by atoms with Gasteiger partial charge >= 0.3 is 0 Å². The lowest BCUT2D eigenvalue weighted by atomic mass is 10.1. The first-order valence-electron chi connectivity index (χ1n) is 8.71. The van der Waals surface area contributed by atoms with Crippen molar-refractivity contribution in [3.05, 3.63) is 47.7 Å². The Morgan fingerprint density at radius 2 is 2.30 bits per heavy atom. The van der Waals surface area contributed by atoms with Crippen molar-refractivity contribution in [2.45, 2.75) is 25.7 Å². The quantitative estimate of drug-likeness (QED) is 0.706. The van der Waals surface area contributed by atoms with E-state index in [2.05, 4.69) is 10.3 Å². The molecule has 1 aliphatic rings. The molecule has 0 saturated carbocycles. The molecule has 2 atom stereocenters. The van der Waals surface area contributed by atoms with Crippen LogP contribution in [-0.2, 0) is 18.4 Å². The van der Waals surface area contributed by atoms with Gasteiger partial charge in [-0.3, -0.25) is 4.79 Å². The molecule has 0 spiro atoms. The smallest absolute Gasteiger partial charge is 0.255 e. The number of ether oxygens (including phenoxy) is 2. The number of aromatic nitrogens is 2. The monoisotopic (exact) mass is 371 g/mol. The van der Waals surface area contributed by atoms with Crippen LogP contribution in [0.5, 0.6) is 5.75 Å². The molecule has 0 bridgehead atoms. The van der Waals surface area contributed by atoms with Gasteiger partial charge in [0.15, 0.2) is 0 Å². The number of aliphatic hydroxyl groups excluding tert-OH is 1. The Morgan fingerprint density at radius 1 is 1.44 bits per heavy atom. The van der Waals surface area contributed by atoms with E-state index >= 15 is 0 Å². The molecule has 4 rings (SSSR count). The summed E-state index contributed by atoms with van der Waals surface area (Å²) in [5.74, 6) is 1.62. The summed E-state index contributed by atoms with van der Waals surface area (Å²) in [7, 11) is 1.90. The van der Waals surface area contributed by atoms with Crippen molar-refractivity contribution in [1.82, 2.24) is 14.9 Å². The highest BCUT2D eigenvalue weighted by Gasteiger charge is 2.29. The molecule has 142 valence electrons. The number of hydrogen-bond donors (Lipinski definition) is 2. The maximum Gasteiger partial charge on any atom is 0.255 e. The highest BCUT2D eigenvalue weighted by molar-refractivity contribution is 6.07. The van der Waals surface area contributed by atoms with Crippen LogP contribution in [0.25, 0.3) is 11.0 Å². The molecule has 1 saturated heterocycles. The molecule has 0 radical (unpaired) electrons. The molecule has 8 heteroatoms. The van der Waals surface area contributed by atoms with E-state index in [1.54, 1.807) is 31.3 Å². The van der Waals surface area contributed by atoms with E-state index in [9.17, 15) is 9.90 Å². The van der Waals surface area contributed by atoms with Crippen molar-refractivity contribution >= 4 is 16.9 Å². The molecule has 3 aromatic rings. The number of nitrogens with one attached hydrogen (secondary N) is 1. The van der Waals surface area contributed by atoms with Gasteiger partial charge in [0.1, 0.15) is 29.5 Å². The minimum atomic E-state index is -0.705. The Bertz CT molecular complexity index is 977. The van der Waals surface area contributed by atoms with Crippen molar-refractivity contribution in [1.29, 1.82) is 0 Å². The predicted molar refractivity (Wildman–Crippen MR) is 96.6 cm³/mol. The van der Waals surface area contributed by atoms with Crippen molar-refractivity contribution in [3.63, 3.8) is 0 Å². The van der Waals surface area contributed by atoms with Gasteiger partial charge in [-0.05, 0) is 25.1 Å². The lowest BCUT2D eigenvalue weighted by Gasteiger charge is -2.14. The number of furan rings is 1. The Morgan fingerprint density at radius 3 is 3.00 bits per heavy atom. The zero-order chi connectivity index (χ0) is 19.0. The van der Waals surface area contributed by atoms with E-state index in [-0.39, 0.29) is 12.5 Å². The summed E-state index contributed by atoms with van der Waals surface area (Å²) < 4.78 is 18.6. The first-order chi connectivity index (χ1) is 13.0. The average molecular weight is 371 g/mol. The Labute approximate surface area is 155 Å². The molecular formula is C19H21N3O5. The summed E-state index contributed by atoms with van der Waals surface area (Å²) in [6.07, 6.45) is 2.86. The fourth-order valence-electron chi connectivity index (χ4n) is 3.18. The summed E-state index contributed by atoms with van der Waals surface area (Å²) in [4.78, 5) is 17.0. The van der Waals surface area contributed by atoms with E-state index in [0.29, 0.717) is 41.3 Å². The predicted octanol–water partition coefficient (Wildman–Crippen LogP) is 1.54. The third-order valence-corrected chi connectivity index (χ3v) is 4.72. The average Bonchev–Trinajstić information content (AvgIpc) is 3.31. The molecule has 3 heterocycles. The maximum absolute atomic E-state index is 12.8. The van der Waals surface area contributed by atoms with Gasteiger partial charge in [0, 0.05) is 24.8 Å². The van der Waals surface area contributed by atoms with E-state index in [1.165, 1.54) is 0 Å². The van der Waals surface area contributed by atoms with Crippen LogP contribution in [-0.4, -0.2) is 45.9 Å². The number of carbonyl (C=O) groups is 1. The molecule has 1 fully saturated rings. The van der Waals surface area contributed by atoms with Gasteiger partial charge in [-0.1, -0.05) is 0 Å². The number of nitrogens with zero attached hydrogens (tertiary/aromatic N) is 2. The third kappa shape index (κ3) is 3.41. The number of aliphatic hydroxyl groups is 1. The minimum Gasteiger partial charge on any atom is -0.486 e. The topological polar surface area (TPSA) is 98.8 Å². The van der Waals surface area contributed by atoms with Gasteiger partial charge < -0.3 is 28.9 Å². The molecule has 2 aromatic heterocycles. The third-order valence-electron chi connectivity index (χ3n) is 4.72. The van der Waals surface area contributed by atoms with E-state index in [4.69, 9.17) is 13.9 Å². The fraction of sp³-hybridized carbons (Fsp3) is 0.368. The van der Waals surface area contributed by atoms with Gasteiger partial charge in [-0.2, -0.15) is 0 Å². The Balaban J connectivity index is 1.57. The Kier molecular flexibility index (Phi) is 4.59. The van der Waals surface area contributed by atoms with Gasteiger partial charge in [0.25, 0.3) is 5.91 Å². The van der Waals surface area contributed by atoms with Crippen LogP contribution < -0.4 is 10.1 Å². The summed E-state index contributed by atoms with van der Waals surface area (Å²) in [5, 5.41) is 13.3. The second-order valence-corrected chi connectivity index (χ2v) is 6.62. The van der Waals surface area contributed by atoms with Gasteiger partial charge in [-0.25, -0.2) is 4.98 Å². The normalized spacial score (nSPS) is 19.5. The second kappa shape index (κ2) is 7.05. The highest BCUT2D eigenvalue weighted by Crippen LogP contribution is 2.29. The fourth-order valence-corrected chi connectivity index (χ4v) is 3.18. The largest absolute Gasteiger partial charge is 0.486 e. The summed E-state index contributed by atoms with van der Waals surface area (Å²) in [5.41, 5.74) is 1.04. The van der Waals surface area contributed by atoms with Crippen molar-refractivity contribution < 1.29 is 23.8 Å². The zero-order valence-electron chi connectivity index (χ0n) is 15.1. The number of benzene rings is 1. The van der Waals surface area contributed by atoms with Crippen molar-refractivity contribution in [3.8, 4) is 5.75 Å². The lowest BCUT2D eigenvalue weighted by molar-refractivity contribution is 0.0886. The molecular weight excluding hydrogens is 350 g/mol. The molecule has 1 amide bonds. The first-order valence-corrected chi connectivity index (χ1v) is 8.71. The van der Waals surface area contributed by atoms with Crippen LogP contribution in [0.15, 0.2) is 35.0 Å². The van der Waals surface area contributed by atoms with E-state index < -0.39 is 12.1 Å². The van der Waals surface area contributed by atoms with Gasteiger partial charge in [0.05, 0.1) is 30.9 Å². The lowest BCUT2D eigenvalue weighted by Crippen LogP contribution is -2.42. The summed E-state index contributed by atoms with van der Waals surface area (Å²) in [6, 6.07) is 4.93. The van der Waals surface area contributed by atoms with Gasteiger partial charge in [0.2, 0.25) is 0 Å². The number of imidazole rings is 1. The van der Waals surface area contributed by atoms with E-state index in [1.807, 2.05) is 17.8 Å². The molecule has 27 heavy (non-hydrogen) atoms. The van der Waals surface area contributed by atoms with Crippen LogP contribution in [0, 0.1) is 6.92 Å². The standard InChI is InChI=1S/C19H21N3O5/c1-11-18(19(24)21-14-8-25-9-15(14)23)13-7-12(3-4-16(13)27-11)26-10-17-20-5-6-22(17)2/h3-7,14-15,23H,8-10H2,1-2H3,(H,21,24)/t14-,15?/m0/s1. The molecule has 8 nitrogen and oxygen atoms in total. The maximum atomic E-state index is 12.8. The van der Waals surface area contributed by atoms with Crippen LogP contribution in [0.4, 0.5) is 0 Å². The molecule has 1 aromatic carbocycles. The second-order valence-electron chi connectivity index (χ2n) is 6.62. The highest BCUT2D eigenvalue weighted by atomic mass is 16.5. The molecule has 2 N–H and O–H groups in total. The number of amides is 1. The molecule has 1 unspecified atom stereocenters. The number of carbonyl (C=O) groups excluding carboxylic acids is 1. The van der Waals surface area contributed by atoms with Crippen LogP contribution in [0.1, 0.15) is 21.9 Å². The molecule has 1 aliphatic heterocycles. The van der Waals surface area contributed by atoms with E-state index in [0.717, 1.165) is 5.82 Å². The van der Waals surface area contributed by atoms with Crippen LogP contribution >= 0.6 is 0 Å². The zero-order valence-corrected chi connectivity index (χ0v) is 15.1. The first kappa shape index (κ1) is 17.6. The summed E-state index contributed by atoms with van der Waals surface area (Å²) >= 11 is 0. The van der Waals surface area contributed by atoms with Crippen LogP contribution in [0.3, 0.4) is 0 Å². The summed E-state index contributed by atoms with van der Waals surface area (Å²) in [6.45, 7) is 2.57. The number of hydrogen-bond acceptors (Lipinski definition) is 6. The number of rotatable bonds is 5. The van der Waals surface area contributed by atoms with Gasteiger partial charge in [-0.15, -0.1) is 0 Å². The SMILES string of the molecule is Cc1oc2ccc(OCc3nccn3C)cc2c1C(=O)N[C@H]1COCC1O. The van der Waals surface area contributed by atoms with Crippen molar-refractivity contribution in [2.75, 3.05) is 13.2 Å².